The van der Waals surface area contributed by atoms with Gasteiger partial charge in [0, 0.05) is 25.4 Å². The van der Waals surface area contributed by atoms with Crippen LogP contribution >= 0.6 is 0 Å². The number of fused-ring (bicyclic) bond motifs is 1. The summed E-state index contributed by atoms with van der Waals surface area (Å²) in [7, 11) is 0. The molecule has 1 N–H and O–H groups in total. The Morgan fingerprint density at radius 1 is 1.19 bits per heavy atom. The molecule has 7 nitrogen and oxygen atoms in total. The quantitative estimate of drug-likeness (QED) is 0.621. The van der Waals surface area contributed by atoms with Gasteiger partial charge in [0.15, 0.2) is 6.04 Å². The third-order valence-corrected chi connectivity index (χ3v) is 6.19. The number of carbonyl (C=O) groups is 1. The van der Waals surface area contributed by atoms with Gasteiger partial charge < -0.3 is 14.6 Å². The third-order valence-electron chi connectivity index (χ3n) is 6.19. The fourth-order valence-electron chi connectivity index (χ4n) is 4.64. The number of hydrogen-bond donors (Lipinski definition) is 1. The van der Waals surface area contributed by atoms with Crippen molar-refractivity contribution in [2.45, 2.75) is 50.0 Å². The monoisotopic (exact) mass is 445 g/mol. The number of amides is 1. The number of hydrogen-bond acceptors (Lipinski definition) is 5. The first-order valence-corrected chi connectivity index (χ1v) is 10.6. The van der Waals surface area contributed by atoms with Crippen LogP contribution in [0.1, 0.15) is 65.5 Å². The van der Waals surface area contributed by atoms with Gasteiger partial charge in [0.05, 0.1) is 24.5 Å². The van der Waals surface area contributed by atoms with Crippen LogP contribution < -0.4 is 5.32 Å². The smallest absolute Gasteiger partial charge is 0.410 e. The van der Waals surface area contributed by atoms with Gasteiger partial charge in [0.1, 0.15) is 17.1 Å². The number of anilines is 1. The van der Waals surface area contributed by atoms with Crippen molar-refractivity contribution in [3.63, 3.8) is 0 Å². The second-order valence-corrected chi connectivity index (χ2v) is 8.15. The van der Waals surface area contributed by atoms with Crippen molar-refractivity contribution in [2.75, 3.05) is 11.9 Å². The Bertz CT molecular complexity index is 1080. The highest BCUT2D eigenvalue weighted by Gasteiger charge is 2.48. The van der Waals surface area contributed by atoms with Gasteiger partial charge in [-0.3, -0.25) is 9.78 Å². The molecule has 168 valence electrons. The molecule has 0 saturated carbocycles. The first-order chi connectivity index (χ1) is 15.4. The van der Waals surface area contributed by atoms with E-state index in [0.717, 1.165) is 29.5 Å². The molecule has 32 heavy (non-hydrogen) atoms. The maximum Gasteiger partial charge on any atom is 0.410 e. The van der Waals surface area contributed by atoms with Crippen molar-refractivity contribution in [3.8, 4) is 0 Å². The van der Waals surface area contributed by atoms with E-state index in [0.29, 0.717) is 12.3 Å². The van der Waals surface area contributed by atoms with Crippen LogP contribution in [0.5, 0.6) is 0 Å². The first-order valence-electron chi connectivity index (χ1n) is 10.6. The van der Waals surface area contributed by atoms with Crippen LogP contribution in [0.4, 0.5) is 19.0 Å². The molecular formula is C22H22F3N5O2. The van der Waals surface area contributed by atoms with E-state index < -0.39 is 18.3 Å². The summed E-state index contributed by atoms with van der Waals surface area (Å²) in [6, 6.07) is 4.24. The standard InChI is InChI=1S/C22H22F3N5O2/c23-22(24,25)19-11-16(18-7-4-10-32-18)28-20-15(13-27-30(19)20)21(31)29-9-2-1-6-17(29)14-5-3-8-26-12-14/h3-5,7-8,10,12-13,16-17,19,28H,1-2,6,9,11H2/t16-,17+,19-/m1/s1. The van der Waals surface area contributed by atoms with Crippen LogP contribution in [0.25, 0.3) is 0 Å². The zero-order valence-electron chi connectivity index (χ0n) is 17.1. The van der Waals surface area contributed by atoms with E-state index in [4.69, 9.17) is 4.42 Å². The average molecular weight is 445 g/mol. The summed E-state index contributed by atoms with van der Waals surface area (Å²) in [5.41, 5.74) is 1.04. The van der Waals surface area contributed by atoms with Gasteiger partial charge in [-0.1, -0.05) is 6.07 Å². The summed E-state index contributed by atoms with van der Waals surface area (Å²) in [6.07, 6.45) is 3.83. The summed E-state index contributed by atoms with van der Waals surface area (Å²) in [5, 5.41) is 7.05. The van der Waals surface area contributed by atoms with E-state index >= 15 is 0 Å². The highest BCUT2D eigenvalue weighted by Crippen LogP contribution is 2.45. The highest BCUT2D eigenvalue weighted by atomic mass is 19.4. The second kappa shape index (κ2) is 7.99. The van der Waals surface area contributed by atoms with Crippen molar-refractivity contribution in [3.05, 3.63) is 66.0 Å². The highest BCUT2D eigenvalue weighted by molar-refractivity contribution is 5.99. The zero-order chi connectivity index (χ0) is 22.3. The lowest BCUT2D eigenvalue weighted by molar-refractivity contribution is -0.174. The van der Waals surface area contributed by atoms with Gasteiger partial charge in [0.25, 0.3) is 5.91 Å². The van der Waals surface area contributed by atoms with E-state index in [1.807, 2.05) is 12.1 Å². The van der Waals surface area contributed by atoms with Crippen molar-refractivity contribution >= 4 is 11.7 Å². The number of furan rings is 1. The fourth-order valence-corrected chi connectivity index (χ4v) is 4.64. The third kappa shape index (κ3) is 3.63. The molecular weight excluding hydrogens is 423 g/mol. The van der Waals surface area contributed by atoms with Crippen LogP contribution in [0, 0.1) is 0 Å². The molecule has 3 atom stereocenters. The molecule has 3 aromatic rings. The molecule has 0 radical (unpaired) electrons. The van der Waals surface area contributed by atoms with Crippen LogP contribution in [0.3, 0.4) is 0 Å². The van der Waals surface area contributed by atoms with Gasteiger partial charge in [-0.25, -0.2) is 4.68 Å². The fraction of sp³-hybridized carbons (Fsp3) is 0.409. The van der Waals surface area contributed by atoms with Gasteiger partial charge in [0.2, 0.25) is 0 Å². The van der Waals surface area contributed by atoms with Crippen molar-refractivity contribution in [2.24, 2.45) is 0 Å². The molecule has 2 aliphatic heterocycles. The number of alkyl halides is 3. The summed E-state index contributed by atoms with van der Waals surface area (Å²) in [5.74, 6) is 0.116. The number of likely N-dealkylation sites (tertiary alicyclic amines) is 1. The molecule has 1 saturated heterocycles. The minimum Gasteiger partial charge on any atom is -0.467 e. The Kier molecular flexibility index (Phi) is 5.15. The molecule has 3 aromatic heterocycles. The van der Waals surface area contributed by atoms with Gasteiger partial charge in [-0.05, 0) is 43.0 Å². The second-order valence-electron chi connectivity index (χ2n) is 8.15. The Hall–Kier alpha value is -3.30. The number of nitrogens with one attached hydrogen (secondary N) is 1. The number of piperidine rings is 1. The average Bonchev–Trinajstić information content (AvgIpc) is 3.48. The molecule has 0 spiro atoms. The number of rotatable bonds is 3. The molecule has 0 aromatic carbocycles. The number of nitrogens with zero attached hydrogens (tertiary/aromatic N) is 4. The lowest BCUT2D eigenvalue weighted by atomic mass is 9.95. The molecule has 10 heteroatoms. The Morgan fingerprint density at radius 3 is 2.78 bits per heavy atom. The Morgan fingerprint density at radius 2 is 2.06 bits per heavy atom. The number of halogens is 3. The molecule has 5 heterocycles. The maximum absolute atomic E-state index is 13.9. The minimum absolute atomic E-state index is 0.0699. The first kappa shape index (κ1) is 20.6. The molecule has 0 bridgehead atoms. The molecule has 1 amide bonds. The van der Waals surface area contributed by atoms with E-state index in [2.05, 4.69) is 15.4 Å². The van der Waals surface area contributed by atoms with Crippen molar-refractivity contribution in [1.82, 2.24) is 19.7 Å². The van der Waals surface area contributed by atoms with Crippen molar-refractivity contribution < 1.29 is 22.4 Å². The van der Waals surface area contributed by atoms with Gasteiger partial charge in [-0.2, -0.15) is 18.3 Å². The Balaban J connectivity index is 1.51. The summed E-state index contributed by atoms with van der Waals surface area (Å²) in [4.78, 5) is 19.5. The van der Waals surface area contributed by atoms with Crippen molar-refractivity contribution in [1.29, 1.82) is 0 Å². The van der Waals surface area contributed by atoms with Crippen LogP contribution in [-0.4, -0.2) is 38.3 Å². The van der Waals surface area contributed by atoms with Crippen LogP contribution in [0.15, 0.2) is 53.5 Å². The number of carbonyl (C=O) groups excluding carboxylic acids is 1. The van der Waals surface area contributed by atoms with Crippen LogP contribution in [-0.2, 0) is 0 Å². The predicted octanol–water partition coefficient (Wildman–Crippen LogP) is 4.90. The SMILES string of the molecule is O=C(c1cnn2c1N[C@@H](c1ccco1)C[C@@H]2C(F)(F)F)N1CCCC[C@H]1c1cccnc1. The lowest BCUT2D eigenvalue weighted by Crippen LogP contribution is -2.40. The minimum atomic E-state index is -4.52. The van der Waals surface area contributed by atoms with E-state index in [-0.39, 0.29) is 29.8 Å². The summed E-state index contributed by atoms with van der Waals surface area (Å²) < 4.78 is 47.8. The molecule has 0 unspecified atom stereocenters. The normalized spacial score (nSPS) is 23.5. The summed E-state index contributed by atoms with van der Waals surface area (Å²) >= 11 is 0. The zero-order valence-corrected chi connectivity index (χ0v) is 17.1. The molecule has 0 aliphatic carbocycles. The molecule has 2 aliphatic rings. The topological polar surface area (TPSA) is 76.2 Å². The lowest BCUT2D eigenvalue weighted by Gasteiger charge is -2.37. The maximum atomic E-state index is 13.9. The number of aromatic nitrogens is 3. The Labute approximate surface area is 182 Å². The van der Waals surface area contributed by atoms with Gasteiger partial charge in [-0.15, -0.1) is 0 Å². The van der Waals surface area contributed by atoms with Gasteiger partial charge >= 0.3 is 6.18 Å². The largest absolute Gasteiger partial charge is 0.467 e. The van der Waals surface area contributed by atoms with E-state index in [1.165, 1.54) is 12.5 Å². The van der Waals surface area contributed by atoms with Crippen LogP contribution in [0.2, 0.25) is 0 Å². The van der Waals surface area contributed by atoms with E-state index in [9.17, 15) is 18.0 Å². The van der Waals surface area contributed by atoms with E-state index in [1.54, 1.807) is 29.4 Å². The number of pyridine rings is 1. The molecule has 5 rings (SSSR count). The molecule has 1 fully saturated rings. The summed E-state index contributed by atoms with van der Waals surface area (Å²) in [6.45, 7) is 0.521. The predicted molar refractivity (Wildman–Crippen MR) is 109 cm³/mol.